The minimum Gasteiger partial charge on any atom is -0.293 e. The Labute approximate surface area is 144 Å². The molecular formula is C17H18ClFN2OS. The molecule has 0 aliphatic heterocycles. The van der Waals surface area contributed by atoms with Crippen molar-refractivity contribution in [1.82, 2.24) is 9.59 Å². The van der Waals surface area contributed by atoms with Gasteiger partial charge >= 0.3 is 0 Å². The Morgan fingerprint density at radius 1 is 1.30 bits per heavy atom. The predicted molar refractivity (Wildman–Crippen MR) is 89.8 cm³/mol. The SMILES string of the molecule is O=C(CCc1c(F)cccc1Cl)c1snnc1C1CCCCC1. The van der Waals surface area contributed by atoms with E-state index in [4.69, 9.17) is 11.6 Å². The maximum atomic E-state index is 13.8. The summed E-state index contributed by atoms with van der Waals surface area (Å²) in [6.07, 6.45) is 6.29. The van der Waals surface area contributed by atoms with E-state index in [2.05, 4.69) is 9.59 Å². The molecule has 122 valence electrons. The van der Waals surface area contributed by atoms with Gasteiger partial charge in [0.15, 0.2) is 5.78 Å². The largest absolute Gasteiger partial charge is 0.293 e. The first-order chi connectivity index (χ1) is 11.2. The van der Waals surface area contributed by atoms with Gasteiger partial charge in [-0.3, -0.25) is 4.79 Å². The summed E-state index contributed by atoms with van der Waals surface area (Å²) < 4.78 is 17.8. The quantitative estimate of drug-likeness (QED) is 0.695. The molecule has 3 nitrogen and oxygen atoms in total. The van der Waals surface area contributed by atoms with E-state index in [9.17, 15) is 9.18 Å². The van der Waals surface area contributed by atoms with Crippen molar-refractivity contribution in [3.8, 4) is 0 Å². The van der Waals surface area contributed by atoms with Crippen LogP contribution in [0, 0.1) is 5.82 Å². The zero-order valence-corrected chi connectivity index (χ0v) is 14.3. The van der Waals surface area contributed by atoms with Gasteiger partial charge in [0.2, 0.25) is 0 Å². The maximum Gasteiger partial charge on any atom is 0.176 e. The first-order valence-corrected chi connectivity index (χ1v) is 9.10. The van der Waals surface area contributed by atoms with Gasteiger partial charge < -0.3 is 0 Å². The summed E-state index contributed by atoms with van der Waals surface area (Å²) in [5.41, 5.74) is 1.25. The summed E-state index contributed by atoms with van der Waals surface area (Å²) in [6, 6.07) is 4.58. The van der Waals surface area contributed by atoms with Gasteiger partial charge in [-0.25, -0.2) is 4.39 Å². The van der Waals surface area contributed by atoms with Gasteiger partial charge in [0.25, 0.3) is 0 Å². The van der Waals surface area contributed by atoms with Gasteiger partial charge in [-0.05, 0) is 42.9 Å². The molecule has 1 aromatic heterocycles. The summed E-state index contributed by atoms with van der Waals surface area (Å²) >= 11 is 7.17. The van der Waals surface area contributed by atoms with E-state index in [1.165, 1.54) is 25.3 Å². The van der Waals surface area contributed by atoms with Gasteiger partial charge in [-0.1, -0.05) is 41.4 Å². The highest BCUT2D eigenvalue weighted by Gasteiger charge is 2.25. The highest BCUT2D eigenvalue weighted by atomic mass is 35.5. The van der Waals surface area contributed by atoms with E-state index in [0.29, 0.717) is 27.8 Å². The average Bonchev–Trinajstić information content (AvgIpc) is 3.05. The number of carbonyl (C=O) groups is 1. The van der Waals surface area contributed by atoms with E-state index in [0.717, 1.165) is 30.1 Å². The van der Waals surface area contributed by atoms with Crippen LogP contribution >= 0.6 is 23.1 Å². The Bertz CT molecular complexity index is 677. The Kier molecular flexibility index (Phi) is 5.38. The summed E-state index contributed by atoms with van der Waals surface area (Å²) in [7, 11) is 0. The molecule has 0 N–H and O–H groups in total. The predicted octanol–water partition coefficient (Wildman–Crippen LogP) is 5.19. The molecule has 23 heavy (non-hydrogen) atoms. The fourth-order valence-corrected chi connectivity index (χ4v) is 4.13. The van der Waals surface area contributed by atoms with E-state index < -0.39 is 0 Å². The Balaban J connectivity index is 1.70. The van der Waals surface area contributed by atoms with Crippen LogP contribution in [-0.4, -0.2) is 15.4 Å². The van der Waals surface area contributed by atoms with Gasteiger partial charge in [-0.15, -0.1) is 5.10 Å². The highest BCUT2D eigenvalue weighted by Crippen LogP contribution is 2.34. The number of hydrogen-bond donors (Lipinski definition) is 0. The molecule has 1 aliphatic rings. The minimum absolute atomic E-state index is 0.0140. The summed E-state index contributed by atoms with van der Waals surface area (Å²) in [5.74, 6) is -0.0290. The van der Waals surface area contributed by atoms with Crippen LogP contribution in [0.5, 0.6) is 0 Å². The molecule has 0 spiro atoms. The van der Waals surface area contributed by atoms with E-state index >= 15 is 0 Å². The fourth-order valence-electron chi connectivity index (χ4n) is 3.16. The molecule has 0 amide bonds. The standard InChI is InChI=1S/C17H18ClFN2OS/c18-13-7-4-8-14(19)12(13)9-10-15(22)17-16(20-21-23-17)11-5-2-1-3-6-11/h4,7-8,11H,1-3,5-6,9-10H2. The monoisotopic (exact) mass is 352 g/mol. The maximum absolute atomic E-state index is 13.8. The lowest BCUT2D eigenvalue weighted by Crippen LogP contribution is -2.10. The molecule has 0 bridgehead atoms. The lowest BCUT2D eigenvalue weighted by atomic mass is 9.86. The van der Waals surface area contributed by atoms with Crippen molar-refractivity contribution in [2.45, 2.75) is 50.9 Å². The third-order valence-corrected chi connectivity index (χ3v) is 5.56. The number of carbonyl (C=O) groups excluding carboxylic acids is 1. The van der Waals surface area contributed by atoms with Crippen LogP contribution in [0.3, 0.4) is 0 Å². The number of ketones is 1. The van der Waals surface area contributed by atoms with Gasteiger partial charge in [0, 0.05) is 22.9 Å². The number of rotatable bonds is 5. The molecule has 0 saturated heterocycles. The molecule has 6 heteroatoms. The number of benzene rings is 1. The lowest BCUT2D eigenvalue weighted by Gasteiger charge is -2.20. The molecule has 0 unspecified atom stereocenters. The average molecular weight is 353 g/mol. The van der Waals surface area contributed by atoms with E-state index in [-0.39, 0.29) is 18.0 Å². The number of nitrogens with zero attached hydrogens (tertiary/aromatic N) is 2. The smallest absolute Gasteiger partial charge is 0.176 e. The molecule has 0 radical (unpaired) electrons. The fraction of sp³-hybridized carbons (Fsp3) is 0.471. The van der Waals surface area contributed by atoms with Gasteiger partial charge in [0.05, 0.1) is 5.69 Å². The third kappa shape index (κ3) is 3.78. The minimum atomic E-state index is -0.361. The summed E-state index contributed by atoms with van der Waals surface area (Å²) in [6.45, 7) is 0. The second-order valence-electron chi connectivity index (χ2n) is 5.95. The zero-order valence-electron chi connectivity index (χ0n) is 12.7. The molecular weight excluding hydrogens is 335 g/mol. The Morgan fingerprint density at radius 3 is 2.83 bits per heavy atom. The molecule has 3 rings (SSSR count). The Hall–Kier alpha value is -1.33. The van der Waals surface area contributed by atoms with Crippen LogP contribution in [0.25, 0.3) is 0 Å². The number of aromatic nitrogens is 2. The van der Waals surface area contributed by atoms with Crippen LogP contribution in [0.15, 0.2) is 18.2 Å². The first kappa shape index (κ1) is 16.5. The number of halogens is 2. The van der Waals surface area contributed by atoms with Crippen LogP contribution in [0.4, 0.5) is 4.39 Å². The van der Waals surface area contributed by atoms with Crippen molar-refractivity contribution in [1.29, 1.82) is 0 Å². The van der Waals surface area contributed by atoms with Crippen molar-refractivity contribution in [3.63, 3.8) is 0 Å². The van der Waals surface area contributed by atoms with Crippen molar-refractivity contribution in [2.24, 2.45) is 0 Å². The van der Waals surface area contributed by atoms with Gasteiger partial charge in [-0.2, -0.15) is 0 Å². The third-order valence-electron chi connectivity index (χ3n) is 4.42. The number of hydrogen-bond acceptors (Lipinski definition) is 4. The molecule has 1 aromatic carbocycles. The van der Waals surface area contributed by atoms with Crippen molar-refractivity contribution < 1.29 is 9.18 Å². The van der Waals surface area contributed by atoms with Crippen molar-refractivity contribution in [3.05, 3.63) is 45.2 Å². The normalized spacial score (nSPS) is 15.7. The topological polar surface area (TPSA) is 42.9 Å². The summed E-state index contributed by atoms with van der Waals surface area (Å²) in [5, 5.41) is 4.57. The van der Waals surface area contributed by atoms with E-state index in [1.54, 1.807) is 12.1 Å². The number of Topliss-reactive ketones (excluding diaryl/α,β-unsaturated/α-hetero) is 1. The molecule has 0 atom stereocenters. The molecule has 1 fully saturated rings. The summed E-state index contributed by atoms with van der Waals surface area (Å²) in [4.78, 5) is 13.2. The van der Waals surface area contributed by atoms with Gasteiger partial charge in [0.1, 0.15) is 10.7 Å². The second-order valence-corrected chi connectivity index (χ2v) is 7.11. The highest BCUT2D eigenvalue weighted by molar-refractivity contribution is 7.08. The van der Waals surface area contributed by atoms with Crippen molar-refractivity contribution >= 4 is 28.9 Å². The van der Waals surface area contributed by atoms with E-state index in [1.807, 2.05) is 0 Å². The molecule has 2 aromatic rings. The van der Waals surface area contributed by atoms with Crippen LogP contribution in [0.2, 0.25) is 5.02 Å². The second kappa shape index (κ2) is 7.49. The van der Waals surface area contributed by atoms with Crippen LogP contribution < -0.4 is 0 Å². The zero-order chi connectivity index (χ0) is 16.2. The molecule has 1 heterocycles. The van der Waals surface area contributed by atoms with Crippen molar-refractivity contribution in [2.75, 3.05) is 0 Å². The Morgan fingerprint density at radius 2 is 2.09 bits per heavy atom. The van der Waals surface area contributed by atoms with Crippen LogP contribution in [-0.2, 0) is 6.42 Å². The lowest BCUT2D eigenvalue weighted by molar-refractivity contribution is 0.0984. The molecule has 1 saturated carbocycles. The first-order valence-electron chi connectivity index (χ1n) is 7.95. The van der Waals surface area contributed by atoms with Crippen LogP contribution in [0.1, 0.15) is 65.4 Å². The molecule has 1 aliphatic carbocycles.